The summed E-state index contributed by atoms with van der Waals surface area (Å²) in [6, 6.07) is 11.2. The minimum absolute atomic E-state index is 0.00242. The Morgan fingerprint density at radius 2 is 1.77 bits per heavy atom. The van der Waals surface area contributed by atoms with Gasteiger partial charge in [-0.25, -0.2) is 17.9 Å². The number of esters is 1. The van der Waals surface area contributed by atoms with Crippen molar-refractivity contribution in [2.75, 3.05) is 11.9 Å². The molecule has 2 aromatic carbocycles. The van der Waals surface area contributed by atoms with Gasteiger partial charge >= 0.3 is 5.97 Å². The lowest BCUT2D eigenvalue weighted by atomic mass is 9.98. The van der Waals surface area contributed by atoms with E-state index >= 15 is 0 Å². The zero-order chi connectivity index (χ0) is 21.9. The largest absolute Gasteiger partial charge is 0.452 e. The highest BCUT2D eigenvalue weighted by Crippen LogP contribution is 2.27. The van der Waals surface area contributed by atoms with Crippen molar-refractivity contribution in [3.05, 3.63) is 59.2 Å². The number of amides is 1. The Balaban J connectivity index is 1.58. The molecule has 0 aliphatic heterocycles. The van der Waals surface area contributed by atoms with Crippen LogP contribution in [0.25, 0.3) is 0 Å². The van der Waals surface area contributed by atoms with Crippen molar-refractivity contribution in [3.8, 4) is 0 Å². The lowest BCUT2D eigenvalue weighted by Gasteiger charge is -2.16. The normalized spacial score (nSPS) is 13.9. The summed E-state index contributed by atoms with van der Waals surface area (Å²) in [6.07, 6.45) is 1.68. The first-order valence-corrected chi connectivity index (χ1v) is 11.3. The van der Waals surface area contributed by atoms with E-state index in [1.54, 1.807) is 0 Å². The maximum atomic E-state index is 12.3. The third-order valence-electron chi connectivity index (χ3n) is 4.83. The predicted molar refractivity (Wildman–Crippen MR) is 114 cm³/mol. The zero-order valence-electron chi connectivity index (χ0n) is 17.3. The second-order valence-electron chi connectivity index (χ2n) is 7.74. The molecule has 0 radical (unpaired) electrons. The molecule has 1 fully saturated rings. The summed E-state index contributed by atoms with van der Waals surface area (Å²) in [4.78, 5) is 24.6. The molecule has 0 unspecified atom stereocenters. The lowest BCUT2D eigenvalue weighted by molar-refractivity contribution is -0.119. The summed E-state index contributed by atoms with van der Waals surface area (Å²) in [7, 11) is -3.58. The van der Waals surface area contributed by atoms with Crippen molar-refractivity contribution in [3.63, 3.8) is 0 Å². The van der Waals surface area contributed by atoms with Gasteiger partial charge in [0.2, 0.25) is 10.0 Å². The molecule has 2 aromatic rings. The monoisotopic (exact) mass is 430 g/mol. The second kappa shape index (κ2) is 8.97. The number of anilines is 1. The Labute approximate surface area is 176 Å². The molecule has 0 saturated heterocycles. The highest BCUT2D eigenvalue weighted by atomic mass is 32.2. The Hall–Kier alpha value is -2.71. The van der Waals surface area contributed by atoms with Crippen LogP contribution in [0.5, 0.6) is 0 Å². The molecule has 1 aliphatic carbocycles. The van der Waals surface area contributed by atoms with Gasteiger partial charge in [-0.2, -0.15) is 0 Å². The topological polar surface area (TPSA) is 102 Å². The maximum Gasteiger partial charge on any atom is 0.338 e. The average molecular weight is 431 g/mol. The molecule has 30 heavy (non-hydrogen) atoms. The van der Waals surface area contributed by atoms with Crippen LogP contribution < -0.4 is 10.0 Å². The molecule has 1 saturated carbocycles. The van der Waals surface area contributed by atoms with Crippen molar-refractivity contribution in [1.82, 2.24) is 4.72 Å². The Morgan fingerprint density at radius 1 is 1.10 bits per heavy atom. The number of hydrogen-bond donors (Lipinski definition) is 2. The van der Waals surface area contributed by atoms with Gasteiger partial charge in [-0.3, -0.25) is 4.79 Å². The van der Waals surface area contributed by atoms with E-state index in [0.717, 1.165) is 29.7 Å². The average Bonchev–Trinajstić information content (AvgIpc) is 3.51. The van der Waals surface area contributed by atoms with Crippen LogP contribution in [0.3, 0.4) is 0 Å². The number of para-hydroxylation sites is 1. The van der Waals surface area contributed by atoms with Gasteiger partial charge in [0.05, 0.1) is 10.5 Å². The van der Waals surface area contributed by atoms with Crippen molar-refractivity contribution in [2.45, 2.75) is 50.5 Å². The van der Waals surface area contributed by atoms with Crippen molar-refractivity contribution >= 4 is 27.6 Å². The van der Waals surface area contributed by atoms with Crippen molar-refractivity contribution < 1.29 is 22.7 Å². The van der Waals surface area contributed by atoms with Gasteiger partial charge in [-0.05, 0) is 61.1 Å². The van der Waals surface area contributed by atoms with Gasteiger partial charge in [0, 0.05) is 11.7 Å². The first kappa shape index (κ1) is 22.0. The molecule has 0 spiro atoms. The maximum absolute atomic E-state index is 12.3. The van der Waals surface area contributed by atoms with Gasteiger partial charge in [0.25, 0.3) is 5.91 Å². The third-order valence-corrected chi connectivity index (χ3v) is 6.36. The molecule has 0 heterocycles. The molecule has 1 aliphatic rings. The SMILES string of the molecule is Cc1cccc(C(C)C)c1NC(=O)COC(=O)c1ccc(S(=O)(=O)NC2CC2)cc1. The number of carbonyl (C=O) groups is 2. The fourth-order valence-corrected chi connectivity index (χ4v) is 4.30. The number of ether oxygens (including phenoxy) is 1. The molecule has 0 bridgehead atoms. The van der Waals surface area contributed by atoms with Gasteiger partial charge < -0.3 is 10.1 Å². The number of benzene rings is 2. The summed E-state index contributed by atoms with van der Waals surface area (Å²) < 4.78 is 32.0. The second-order valence-corrected chi connectivity index (χ2v) is 9.45. The van der Waals surface area contributed by atoms with Crippen molar-refractivity contribution in [2.24, 2.45) is 0 Å². The molecule has 8 heteroatoms. The van der Waals surface area contributed by atoms with Gasteiger partial charge in [-0.15, -0.1) is 0 Å². The minimum atomic E-state index is -3.58. The fraction of sp³-hybridized carbons (Fsp3) is 0.364. The summed E-state index contributed by atoms with van der Waals surface area (Å²) in [5, 5.41) is 2.82. The quantitative estimate of drug-likeness (QED) is 0.626. The molecule has 0 atom stereocenters. The lowest BCUT2D eigenvalue weighted by Crippen LogP contribution is -2.25. The van der Waals surface area contributed by atoms with Crippen LogP contribution in [-0.4, -0.2) is 32.9 Å². The summed E-state index contributed by atoms with van der Waals surface area (Å²) in [5.41, 5.74) is 2.84. The highest BCUT2D eigenvalue weighted by Gasteiger charge is 2.28. The van der Waals surface area contributed by atoms with E-state index in [1.165, 1.54) is 24.3 Å². The Bertz CT molecular complexity index is 1040. The van der Waals surface area contributed by atoms with E-state index in [1.807, 2.05) is 39.0 Å². The van der Waals surface area contributed by atoms with Crippen LogP contribution >= 0.6 is 0 Å². The summed E-state index contributed by atoms with van der Waals surface area (Å²) in [6.45, 7) is 5.54. The van der Waals surface area contributed by atoms with E-state index in [0.29, 0.717) is 0 Å². The third kappa shape index (κ3) is 5.46. The van der Waals surface area contributed by atoms with E-state index in [-0.39, 0.29) is 22.4 Å². The molecule has 0 aromatic heterocycles. The van der Waals surface area contributed by atoms with E-state index < -0.39 is 28.5 Å². The molecule has 1 amide bonds. The van der Waals surface area contributed by atoms with E-state index in [4.69, 9.17) is 4.74 Å². The molecular formula is C22H26N2O5S. The highest BCUT2D eigenvalue weighted by molar-refractivity contribution is 7.89. The number of carbonyl (C=O) groups excluding carboxylic acids is 2. The van der Waals surface area contributed by atoms with Crippen LogP contribution in [0.1, 0.15) is 54.1 Å². The molecule has 3 rings (SSSR count). The number of nitrogens with one attached hydrogen (secondary N) is 2. The zero-order valence-corrected chi connectivity index (χ0v) is 18.1. The molecule has 2 N–H and O–H groups in total. The fourth-order valence-electron chi connectivity index (χ4n) is 2.99. The molecule has 7 nitrogen and oxygen atoms in total. The van der Waals surface area contributed by atoms with Crippen molar-refractivity contribution in [1.29, 1.82) is 0 Å². The van der Waals surface area contributed by atoms with E-state index in [9.17, 15) is 18.0 Å². The molecular weight excluding hydrogens is 404 g/mol. The Kier molecular flexibility index (Phi) is 6.58. The number of sulfonamides is 1. The van der Waals surface area contributed by atoms with E-state index in [2.05, 4.69) is 10.0 Å². The number of rotatable bonds is 8. The molecule has 160 valence electrons. The Morgan fingerprint density at radius 3 is 2.37 bits per heavy atom. The van der Waals surface area contributed by atoms with Crippen LogP contribution in [0, 0.1) is 6.92 Å². The summed E-state index contributed by atoms with van der Waals surface area (Å²) >= 11 is 0. The predicted octanol–water partition coefficient (Wildman–Crippen LogP) is 3.35. The first-order valence-electron chi connectivity index (χ1n) is 9.86. The van der Waals surface area contributed by atoms with Crippen LogP contribution in [0.4, 0.5) is 5.69 Å². The van der Waals surface area contributed by atoms with Crippen LogP contribution in [0.2, 0.25) is 0 Å². The number of hydrogen-bond acceptors (Lipinski definition) is 5. The minimum Gasteiger partial charge on any atom is -0.452 e. The first-order chi connectivity index (χ1) is 14.2. The van der Waals surface area contributed by atoms with Crippen LogP contribution in [-0.2, 0) is 19.6 Å². The summed E-state index contributed by atoms with van der Waals surface area (Å²) in [5.74, 6) is -0.905. The number of aryl methyl sites for hydroxylation is 1. The van der Waals surface area contributed by atoms with Crippen LogP contribution in [0.15, 0.2) is 47.4 Å². The van der Waals surface area contributed by atoms with Gasteiger partial charge in [0.15, 0.2) is 6.61 Å². The van der Waals surface area contributed by atoms with Gasteiger partial charge in [-0.1, -0.05) is 32.0 Å². The van der Waals surface area contributed by atoms with Gasteiger partial charge in [0.1, 0.15) is 0 Å². The standard InChI is InChI=1S/C22H26N2O5S/c1-14(2)19-6-4-5-15(3)21(19)23-20(25)13-29-22(26)16-7-11-18(12-8-16)30(27,28)24-17-9-10-17/h4-8,11-12,14,17,24H,9-10,13H2,1-3H3,(H,23,25). The smallest absolute Gasteiger partial charge is 0.338 e.